The first-order valence-corrected chi connectivity index (χ1v) is 9.84. The molecule has 0 bridgehead atoms. The summed E-state index contributed by atoms with van der Waals surface area (Å²) in [5.41, 5.74) is 3.03. The van der Waals surface area contributed by atoms with Crippen molar-refractivity contribution in [3.8, 4) is 0 Å². The third-order valence-corrected chi connectivity index (χ3v) is 5.08. The lowest BCUT2D eigenvalue weighted by atomic mass is 10.0. The SMILES string of the molecule is O=C(Cc1ccc(N2CCC(NCC(F)(F)F)CC2)cc1)NCc1ccccc1. The summed E-state index contributed by atoms with van der Waals surface area (Å²) in [4.78, 5) is 14.3. The van der Waals surface area contributed by atoms with Crippen LogP contribution in [-0.4, -0.2) is 37.8 Å². The molecule has 4 nitrogen and oxygen atoms in total. The molecule has 2 N–H and O–H groups in total. The normalized spacial score (nSPS) is 15.3. The number of piperidine rings is 1. The zero-order valence-corrected chi connectivity index (χ0v) is 16.2. The molecule has 0 spiro atoms. The lowest BCUT2D eigenvalue weighted by Crippen LogP contribution is -2.45. The first-order chi connectivity index (χ1) is 13.9. The topological polar surface area (TPSA) is 44.4 Å². The highest BCUT2D eigenvalue weighted by atomic mass is 19.4. The first kappa shape index (κ1) is 21.2. The van der Waals surface area contributed by atoms with Crippen LogP contribution in [0, 0.1) is 0 Å². The molecule has 0 radical (unpaired) electrons. The average molecular weight is 405 g/mol. The Balaban J connectivity index is 1.42. The second kappa shape index (κ2) is 9.78. The number of halogens is 3. The van der Waals surface area contributed by atoms with Crippen LogP contribution in [0.4, 0.5) is 18.9 Å². The van der Waals surface area contributed by atoms with Crippen molar-refractivity contribution < 1.29 is 18.0 Å². The molecule has 2 aromatic rings. The van der Waals surface area contributed by atoms with Gasteiger partial charge in [0.25, 0.3) is 0 Å². The Morgan fingerprint density at radius 2 is 1.62 bits per heavy atom. The van der Waals surface area contributed by atoms with Crippen LogP contribution in [-0.2, 0) is 17.8 Å². The van der Waals surface area contributed by atoms with E-state index in [0.717, 1.165) is 16.8 Å². The maximum absolute atomic E-state index is 12.3. The Morgan fingerprint density at radius 1 is 0.966 bits per heavy atom. The quantitative estimate of drug-likeness (QED) is 0.739. The van der Waals surface area contributed by atoms with Gasteiger partial charge in [0.15, 0.2) is 0 Å². The van der Waals surface area contributed by atoms with Crippen LogP contribution >= 0.6 is 0 Å². The van der Waals surface area contributed by atoms with Crippen molar-refractivity contribution in [1.82, 2.24) is 10.6 Å². The number of amides is 1. The molecule has 0 aromatic heterocycles. The Bertz CT molecular complexity index is 770. The lowest BCUT2D eigenvalue weighted by Gasteiger charge is -2.34. The number of carbonyl (C=O) groups is 1. The summed E-state index contributed by atoms with van der Waals surface area (Å²) in [6.07, 6.45) is -2.49. The molecular formula is C22H26F3N3O. The lowest BCUT2D eigenvalue weighted by molar-refractivity contribution is -0.126. The molecule has 0 saturated carbocycles. The summed E-state index contributed by atoms with van der Waals surface area (Å²) >= 11 is 0. The molecule has 1 aliphatic heterocycles. The van der Waals surface area contributed by atoms with Gasteiger partial charge in [0.1, 0.15) is 0 Å². The number of alkyl halides is 3. The molecule has 1 aliphatic rings. The van der Waals surface area contributed by atoms with E-state index in [9.17, 15) is 18.0 Å². The van der Waals surface area contributed by atoms with Crippen LogP contribution in [0.3, 0.4) is 0 Å². The molecule has 2 aromatic carbocycles. The van der Waals surface area contributed by atoms with Gasteiger partial charge in [0, 0.05) is 31.4 Å². The van der Waals surface area contributed by atoms with Gasteiger partial charge in [0.05, 0.1) is 13.0 Å². The molecule has 0 atom stereocenters. The predicted molar refractivity (Wildman–Crippen MR) is 108 cm³/mol. The Labute approximate surface area is 169 Å². The van der Waals surface area contributed by atoms with E-state index in [4.69, 9.17) is 0 Å². The van der Waals surface area contributed by atoms with E-state index in [1.165, 1.54) is 0 Å². The van der Waals surface area contributed by atoms with E-state index in [2.05, 4.69) is 15.5 Å². The van der Waals surface area contributed by atoms with E-state index >= 15 is 0 Å². The molecule has 1 heterocycles. The van der Waals surface area contributed by atoms with Crippen molar-refractivity contribution in [1.29, 1.82) is 0 Å². The molecule has 156 valence electrons. The largest absolute Gasteiger partial charge is 0.401 e. The van der Waals surface area contributed by atoms with E-state index in [0.29, 0.717) is 38.9 Å². The Morgan fingerprint density at radius 3 is 2.24 bits per heavy atom. The van der Waals surface area contributed by atoms with Crippen LogP contribution in [0.1, 0.15) is 24.0 Å². The highest BCUT2D eigenvalue weighted by Crippen LogP contribution is 2.22. The molecular weight excluding hydrogens is 379 g/mol. The minimum absolute atomic E-state index is 0.0295. The monoisotopic (exact) mass is 405 g/mol. The highest BCUT2D eigenvalue weighted by Gasteiger charge is 2.29. The van der Waals surface area contributed by atoms with Crippen molar-refractivity contribution in [2.45, 2.75) is 38.0 Å². The van der Waals surface area contributed by atoms with Crippen molar-refractivity contribution in [2.24, 2.45) is 0 Å². The standard InChI is InChI=1S/C22H26F3N3O/c23-22(24,25)16-27-19-10-12-28(13-11-19)20-8-6-17(7-9-20)14-21(29)26-15-18-4-2-1-3-5-18/h1-9,19,27H,10-16H2,(H,26,29). The van der Waals surface area contributed by atoms with Crippen molar-refractivity contribution >= 4 is 11.6 Å². The summed E-state index contributed by atoms with van der Waals surface area (Å²) in [6, 6.07) is 17.5. The van der Waals surface area contributed by atoms with E-state index in [-0.39, 0.29) is 11.9 Å². The molecule has 1 saturated heterocycles. The summed E-state index contributed by atoms with van der Waals surface area (Å²) in [7, 11) is 0. The Hall–Kier alpha value is -2.54. The second-order valence-electron chi connectivity index (χ2n) is 7.36. The third-order valence-electron chi connectivity index (χ3n) is 5.08. The molecule has 7 heteroatoms. The van der Waals surface area contributed by atoms with E-state index in [1.807, 2.05) is 54.6 Å². The van der Waals surface area contributed by atoms with Gasteiger partial charge in [-0.1, -0.05) is 42.5 Å². The minimum Gasteiger partial charge on any atom is -0.371 e. The fourth-order valence-corrected chi connectivity index (χ4v) is 3.47. The van der Waals surface area contributed by atoms with Gasteiger partial charge in [-0.3, -0.25) is 4.79 Å². The van der Waals surface area contributed by atoms with Crippen LogP contribution in [0.25, 0.3) is 0 Å². The van der Waals surface area contributed by atoms with Gasteiger partial charge in [-0.15, -0.1) is 0 Å². The van der Waals surface area contributed by atoms with Gasteiger partial charge < -0.3 is 15.5 Å². The fourth-order valence-electron chi connectivity index (χ4n) is 3.47. The second-order valence-corrected chi connectivity index (χ2v) is 7.36. The van der Waals surface area contributed by atoms with Crippen molar-refractivity contribution in [2.75, 3.05) is 24.5 Å². The van der Waals surface area contributed by atoms with Crippen LogP contribution in [0.2, 0.25) is 0 Å². The van der Waals surface area contributed by atoms with Crippen molar-refractivity contribution in [3.05, 3.63) is 65.7 Å². The number of nitrogens with zero attached hydrogens (tertiary/aromatic N) is 1. The highest BCUT2D eigenvalue weighted by molar-refractivity contribution is 5.78. The van der Waals surface area contributed by atoms with Gasteiger partial charge in [-0.2, -0.15) is 13.2 Å². The smallest absolute Gasteiger partial charge is 0.371 e. The number of hydrogen-bond donors (Lipinski definition) is 2. The summed E-state index contributed by atoms with van der Waals surface area (Å²) in [6.45, 7) is 1.01. The number of hydrogen-bond acceptors (Lipinski definition) is 3. The first-order valence-electron chi connectivity index (χ1n) is 9.84. The minimum atomic E-state index is -4.17. The molecule has 0 unspecified atom stereocenters. The number of nitrogens with one attached hydrogen (secondary N) is 2. The molecule has 1 fully saturated rings. The van der Waals surface area contributed by atoms with Gasteiger partial charge in [-0.05, 0) is 36.1 Å². The van der Waals surface area contributed by atoms with Gasteiger partial charge in [-0.25, -0.2) is 0 Å². The van der Waals surface area contributed by atoms with Crippen LogP contribution in [0.5, 0.6) is 0 Å². The van der Waals surface area contributed by atoms with Crippen LogP contribution in [0.15, 0.2) is 54.6 Å². The van der Waals surface area contributed by atoms with Crippen molar-refractivity contribution in [3.63, 3.8) is 0 Å². The Kier molecular flexibility index (Phi) is 7.14. The fraction of sp³-hybridized carbons (Fsp3) is 0.409. The van der Waals surface area contributed by atoms with Gasteiger partial charge in [0.2, 0.25) is 5.91 Å². The molecule has 1 amide bonds. The van der Waals surface area contributed by atoms with E-state index in [1.54, 1.807) is 0 Å². The number of anilines is 1. The summed E-state index contributed by atoms with van der Waals surface area (Å²) < 4.78 is 36.9. The molecule has 0 aliphatic carbocycles. The zero-order chi connectivity index (χ0) is 20.7. The van der Waals surface area contributed by atoms with Crippen LogP contribution < -0.4 is 15.5 Å². The maximum atomic E-state index is 12.3. The summed E-state index contributed by atoms with van der Waals surface area (Å²) in [5.74, 6) is -0.0295. The molecule has 29 heavy (non-hydrogen) atoms. The molecule has 3 rings (SSSR count). The summed E-state index contributed by atoms with van der Waals surface area (Å²) in [5, 5.41) is 5.51. The van der Waals surface area contributed by atoms with E-state index < -0.39 is 12.7 Å². The average Bonchev–Trinajstić information content (AvgIpc) is 2.72. The van der Waals surface area contributed by atoms with Gasteiger partial charge >= 0.3 is 6.18 Å². The zero-order valence-electron chi connectivity index (χ0n) is 16.2. The third kappa shape index (κ3) is 7.09. The number of rotatable bonds is 7. The predicted octanol–water partition coefficient (Wildman–Crippen LogP) is 3.67. The number of carbonyl (C=O) groups excluding carboxylic acids is 1. The number of benzene rings is 2. The maximum Gasteiger partial charge on any atom is 0.401 e.